The Hall–Kier alpha value is -1.42. The molecule has 72 valence electrons. The summed E-state index contributed by atoms with van der Waals surface area (Å²) in [6, 6.07) is 3.66. The molecule has 4 heteroatoms. The Kier molecular flexibility index (Phi) is 2.45. The van der Waals surface area contributed by atoms with Crippen LogP contribution in [0.25, 0.3) is 11.3 Å². The van der Waals surface area contributed by atoms with Crippen LogP contribution in [0, 0.1) is 0 Å². The molecule has 0 saturated heterocycles. The molecule has 0 aliphatic carbocycles. The number of carbonyl (C=O) groups excluding carboxylic acids is 1. The van der Waals surface area contributed by atoms with Crippen molar-refractivity contribution in [1.29, 1.82) is 0 Å². The molecule has 0 atom stereocenters. The number of carbonyl (C=O) groups is 1. The number of aryl methyl sites for hydroxylation is 1. The molecular weight excluding hydrogens is 198 g/mol. The minimum atomic E-state index is 0.736. The Balaban J connectivity index is 2.51. The molecule has 0 radical (unpaired) electrons. The second-order valence-corrected chi connectivity index (χ2v) is 4.01. The molecular formula is C10H9NO2S. The third-order valence-corrected chi connectivity index (χ3v) is 3.18. The molecule has 2 aromatic rings. The van der Waals surface area contributed by atoms with E-state index in [9.17, 15) is 4.79 Å². The van der Waals surface area contributed by atoms with Crippen LogP contribution in [-0.4, -0.2) is 11.4 Å². The van der Waals surface area contributed by atoms with Gasteiger partial charge in [0.25, 0.3) is 0 Å². The summed E-state index contributed by atoms with van der Waals surface area (Å²) in [7, 11) is 0. The van der Waals surface area contributed by atoms with Gasteiger partial charge in [-0.3, -0.25) is 4.79 Å². The van der Waals surface area contributed by atoms with Crippen LogP contribution in [0.2, 0.25) is 0 Å². The lowest BCUT2D eigenvalue weighted by Gasteiger charge is -1.93. The van der Waals surface area contributed by atoms with E-state index in [0.717, 1.165) is 28.8 Å². The first kappa shape index (κ1) is 9.15. The van der Waals surface area contributed by atoms with Crippen LogP contribution in [0.1, 0.15) is 21.5 Å². The number of hydrogen-bond donors (Lipinski definition) is 0. The van der Waals surface area contributed by atoms with Gasteiger partial charge in [-0.05, 0) is 12.5 Å². The van der Waals surface area contributed by atoms with E-state index in [4.69, 9.17) is 4.52 Å². The molecule has 0 aliphatic rings. The van der Waals surface area contributed by atoms with Gasteiger partial charge in [0.05, 0.1) is 4.88 Å². The fourth-order valence-electron chi connectivity index (χ4n) is 1.34. The Morgan fingerprint density at radius 3 is 3.07 bits per heavy atom. The number of nitrogens with zero attached hydrogens (tertiary/aromatic N) is 1. The highest BCUT2D eigenvalue weighted by Gasteiger charge is 2.11. The maximum Gasteiger partial charge on any atom is 0.160 e. The SMILES string of the molecule is CCc1sc(C=O)cc1-c1ccon1. The highest BCUT2D eigenvalue weighted by atomic mass is 32.1. The average Bonchev–Trinajstić information content (AvgIpc) is 2.85. The van der Waals surface area contributed by atoms with E-state index in [2.05, 4.69) is 12.1 Å². The number of hydrogen-bond acceptors (Lipinski definition) is 4. The van der Waals surface area contributed by atoms with E-state index in [1.807, 2.05) is 6.07 Å². The molecule has 2 rings (SSSR count). The van der Waals surface area contributed by atoms with Crippen LogP contribution in [0.5, 0.6) is 0 Å². The third kappa shape index (κ3) is 1.48. The molecule has 14 heavy (non-hydrogen) atoms. The molecule has 0 aromatic carbocycles. The summed E-state index contributed by atoms with van der Waals surface area (Å²) in [6.07, 6.45) is 3.31. The van der Waals surface area contributed by atoms with Crippen LogP contribution in [0.4, 0.5) is 0 Å². The van der Waals surface area contributed by atoms with Gasteiger partial charge in [0, 0.05) is 16.5 Å². The molecule has 0 saturated carbocycles. The Labute approximate surface area is 85.4 Å². The van der Waals surface area contributed by atoms with Crippen LogP contribution in [0.3, 0.4) is 0 Å². The average molecular weight is 207 g/mol. The van der Waals surface area contributed by atoms with E-state index in [-0.39, 0.29) is 0 Å². The number of aromatic nitrogens is 1. The summed E-state index contributed by atoms with van der Waals surface area (Å²) in [5.41, 5.74) is 1.81. The summed E-state index contributed by atoms with van der Waals surface area (Å²) < 4.78 is 4.78. The van der Waals surface area contributed by atoms with Crippen molar-refractivity contribution in [3.05, 3.63) is 28.2 Å². The molecule has 3 nitrogen and oxygen atoms in total. The lowest BCUT2D eigenvalue weighted by molar-refractivity contribution is 0.112. The Morgan fingerprint density at radius 1 is 1.64 bits per heavy atom. The molecule has 0 amide bonds. The van der Waals surface area contributed by atoms with E-state index >= 15 is 0 Å². The van der Waals surface area contributed by atoms with Crippen molar-refractivity contribution in [2.75, 3.05) is 0 Å². The van der Waals surface area contributed by atoms with Crippen molar-refractivity contribution in [3.63, 3.8) is 0 Å². The molecule has 0 unspecified atom stereocenters. The summed E-state index contributed by atoms with van der Waals surface area (Å²) in [6.45, 7) is 2.06. The molecule has 0 spiro atoms. The molecule has 0 N–H and O–H groups in total. The lowest BCUT2D eigenvalue weighted by Crippen LogP contribution is -1.79. The normalized spacial score (nSPS) is 10.4. The van der Waals surface area contributed by atoms with Gasteiger partial charge < -0.3 is 4.52 Å². The molecule has 2 heterocycles. The highest BCUT2D eigenvalue weighted by molar-refractivity contribution is 7.14. The van der Waals surface area contributed by atoms with Crippen LogP contribution in [-0.2, 0) is 6.42 Å². The Bertz CT molecular complexity index is 431. The second-order valence-electron chi connectivity index (χ2n) is 2.84. The maximum absolute atomic E-state index is 10.6. The Morgan fingerprint density at radius 2 is 2.50 bits per heavy atom. The van der Waals surface area contributed by atoms with Crippen molar-refractivity contribution >= 4 is 17.6 Å². The predicted molar refractivity (Wildman–Crippen MR) is 54.6 cm³/mol. The first-order valence-corrected chi connectivity index (χ1v) is 5.15. The zero-order valence-corrected chi connectivity index (χ0v) is 8.50. The predicted octanol–water partition coefficient (Wildman–Crippen LogP) is 2.78. The smallest absolute Gasteiger partial charge is 0.160 e. The largest absolute Gasteiger partial charge is 0.364 e. The first-order valence-electron chi connectivity index (χ1n) is 4.33. The monoisotopic (exact) mass is 207 g/mol. The fraction of sp³-hybridized carbons (Fsp3) is 0.200. The minimum Gasteiger partial charge on any atom is -0.364 e. The second kappa shape index (κ2) is 3.75. The third-order valence-electron chi connectivity index (χ3n) is 1.98. The van der Waals surface area contributed by atoms with Gasteiger partial charge in [0.15, 0.2) is 6.29 Å². The quantitative estimate of drug-likeness (QED) is 0.727. The number of rotatable bonds is 3. The number of aldehydes is 1. The van der Waals surface area contributed by atoms with Crippen molar-refractivity contribution < 1.29 is 9.32 Å². The van der Waals surface area contributed by atoms with Gasteiger partial charge in [-0.25, -0.2) is 0 Å². The number of thiophene rings is 1. The zero-order chi connectivity index (χ0) is 9.97. The van der Waals surface area contributed by atoms with E-state index in [0.29, 0.717) is 0 Å². The van der Waals surface area contributed by atoms with Crippen LogP contribution in [0.15, 0.2) is 22.9 Å². The molecule has 0 fully saturated rings. The van der Waals surface area contributed by atoms with Gasteiger partial charge in [0.1, 0.15) is 12.0 Å². The maximum atomic E-state index is 10.6. The zero-order valence-electron chi connectivity index (χ0n) is 7.69. The topological polar surface area (TPSA) is 43.1 Å². The molecule has 0 aliphatic heterocycles. The van der Waals surface area contributed by atoms with Gasteiger partial charge in [-0.2, -0.15) is 0 Å². The van der Waals surface area contributed by atoms with E-state index < -0.39 is 0 Å². The van der Waals surface area contributed by atoms with Crippen LogP contribution >= 0.6 is 11.3 Å². The summed E-state index contributed by atoms with van der Waals surface area (Å²) in [5.74, 6) is 0. The highest BCUT2D eigenvalue weighted by Crippen LogP contribution is 2.30. The first-order chi connectivity index (χ1) is 6.85. The molecule has 0 bridgehead atoms. The van der Waals surface area contributed by atoms with Gasteiger partial charge in [-0.15, -0.1) is 11.3 Å². The summed E-state index contributed by atoms with van der Waals surface area (Å²) >= 11 is 1.51. The van der Waals surface area contributed by atoms with Gasteiger partial charge >= 0.3 is 0 Å². The van der Waals surface area contributed by atoms with Crippen molar-refractivity contribution in [2.45, 2.75) is 13.3 Å². The van der Waals surface area contributed by atoms with Crippen molar-refractivity contribution in [2.24, 2.45) is 0 Å². The minimum absolute atomic E-state index is 0.736. The van der Waals surface area contributed by atoms with Gasteiger partial charge in [-0.1, -0.05) is 12.1 Å². The van der Waals surface area contributed by atoms with Gasteiger partial charge in [0.2, 0.25) is 0 Å². The standard InChI is InChI=1S/C10H9NO2S/c1-2-10-8(5-7(6-12)14-10)9-3-4-13-11-9/h3-6H,2H2,1H3. The molecule has 2 aromatic heterocycles. The summed E-state index contributed by atoms with van der Waals surface area (Å²) in [5, 5.41) is 3.86. The van der Waals surface area contributed by atoms with E-state index in [1.165, 1.54) is 22.5 Å². The van der Waals surface area contributed by atoms with E-state index in [1.54, 1.807) is 6.07 Å². The van der Waals surface area contributed by atoms with Crippen LogP contribution < -0.4 is 0 Å². The lowest BCUT2D eigenvalue weighted by atomic mass is 10.1. The van der Waals surface area contributed by atoms with Crippen molar-refractivity contribution in [1.82, 2.24) is 5.16 Å². The fourth-order valence-corrected chi connectivity index (χ4v) is 2.27. The van der Waals surface area contributed by atoms with Crippen molar-refractivity contribution in [3.8, 4) is 11.3 Å². The summed E-state index contributed by atoms with van der Waals surface area (Å²) in [4.78, 5) is 12.5.